The molecule has 0 aromatic rings. The van der Waals surface area contributed by atoms with E-state index in [9.17, 15) is 0 Å². The largest absolute Gasteiger partial charge is 0.392 e. The summed E-state index contributed by atoms with van der Waals surface area (Å²) >= 11 is 1.10. The smallest absolute Gasteiger partial charge is 0.0981 e. The molecule has 1 heterocycles. The van der Waals surface area contributed by atoms with Crippen LogP contribution in [0, 0.1) is 34.5 Å². The van der Waals surface area contributed by atoms with Crippen molar-refractivity contribution in [3.05, 3.63) is 21.2 Å². The molecule has 1 aliphatic heterocycles. The van der Waals surface area contributed by atoms with Crippen molar-refractivity contribution in [2.45, 2.75) is 13.8 Å². The van der Waals surface area contributed by atoms with Crippen molar-refractivity contribution in [2.75, 3.05) is 0 Å². The molecule has 78 valence electrons. The van der Waals surface area contributed by atoms with E-state index in [4.69, 9.17) is 22.0 Å². The Balaban J connectivity index is 3.29. The van der Waals surface area contributed by atoms with Crippen molar-refractivity contribution in [3.63, 3.8) is 0 Å². The minimum Gasteiger partial charge on any atom is -0.392 e. The van der Waals surface area contributed by atoms with E-state index in [0.717, 1.165) is 11.8 Å². The SMILES string of the molecule is CC(C)C1C(C#N)=C(N)SC(N)=C1C#N. The highest BCUT2D eigenvalue weighted by Gasteiger charge is 2.31. The molecule has 1 aliphatic rings. The van der Waals surface area contributed by atoms with Gasteiger partial charge in [0.2, 0.25) is 0 Å². The molecule has 0 saturated heterocycles. The Hall–Kier alpha value is -1.59. The van der Waals surface area contributed by atoms with Crippen molar-refractivity contribution in [1.82, 2.24) is 0 Å². The van der Waals surface area contributed by atoms with E-state index in [1.165, 1.54) is 0 Å². The Morgan fingerprint density at radius 3 is 1.80 bits per heavy atom. The van der Waals surface area contributed by atoms with Crippen molar-refractivity contribution in [3.8, 4) is 12.1 Å². The molecule has 0 atom stereocenters. The lowest BCUT2D eigenvalue weighted by Gasteiger charge is -2.25. The summed E-state index contributed by atoms with van der Waals surface area (Å²) in [4.78, 5) is 0. The zero-order valence-corrected chi connectivity index (χ0v) is 9.43. The van der Waals surface area contributed by atoms with Gasteiger partial charge in [0, 0.05) is 5.92 Å². The van der Waals surface area contributed by atoms with Gasteiger partial charge in [-0.25, -0.2) is 0 Å². The molecular weight excluding hydrogens is 208 g/mol. The van der Waals surface area contributed by atoms with Crippen LogP contribution >= 0.6 is 11.8 Å². The maximum Gasteiger partial charge on any atom is 0.0981 e. The number of nitriles is 2. The Kier molecular flexibility index (Phi) is 3.28. The first-order valence-corrected chi connectivity index (χ1v) is 5.31. The van der Waals surface area contributed by atoms with E-state index in [-0.39, 0.29) is 11.8 Å². The second kappa shape index (κ2) is 4.29. The minimum atomic E-state index is -0.263. The van der Waals surface area contributed by atoms with Crippen LogP contribution in [0.3, 0.4) is 0 Å². The van der Waals surface area contributed by atoms with E-state index in [2.05, 4.69) is 12.1 Å². The summed E-state index contributed by atoms with van der Waals surface area (Å²) in [6.45, 7) is 3.88. The minimum absolute atomic E-state index is 0.132. The molecular formula is C10H12N4S. The maximum absolute atomic E-state index is 9.01. The van der Waals surface area contributed by atoms with Gasteiger partial charge in [0.1, 0.15) is 0 Å². The molecule has 0 fully saturated rings. The molecule has 0 radical (unpaired) electrons. The van der Waals surface area contributed by atoms with Crippen LogP contribution < -0.4 is 11.5 Å². The van der Waals surface area contributed by atoms with Gasteiger partial charge in [0.15, 0.2) is 0 Å². The molecule has 0 aromatic carbocycles. The normalized spacial score (nSPS) is 17.9. The van der Waals surface area contributed by atoms with Gasteiger partial charge < -0.3 is 11.5 Å². The van der Waals surface area contributed by atoms with E-state index >= 15 is 0 Å². The fraction of sp³-hybridized carbons (Fsp3) is 0.400. The third-order valence-corrected chi connectivity index (χ3v) is 3.16. The topological polar surface area (TPSA) is 99.6 Å². The first-order chi connectivity index (χ1) is 7.02. The van der Waals surface area contributed by atoms with Gasteiger partial charge in [0.25, 0.3) is 0 Å². The Labute approximate surface area is 93.2 Å². The van der Waals surface area contributed by atoms with Crippen LogP contribution in [-0.4, -0.2) is 0 Å². The summed E-state index contributed by atoms with van der Waals surface area (Å²) in [5.74, 6) is -0.131. The molecule has 0 bridgehead atoms. The number of thioether (sulfide) groups is 1. The summed E-state index contributed by atoms with van der Waals surface area (Å²) in [5, 5.41) is 18.8. The van der Waals surface area contributed by atoms with Crippen LogP contribution in [0.2, 0.25) is 0 Å². The highest BCUT2D eigenvalue weighted by atomic mass is 32.2. The van der Waals surface area contributed by atoms with E-state index in [1.807, 2.05) is 13.8 Å². The van der Waals surface area contributed by atoms with E-state index in [1.54, 1.807) is 0 Å². The lowest BCUT2D eigenvalue weighted by Crippen LogP contribution is -2.23. The maximum atomic E-state index is 9.01. The highest BCUT2D eigenvalue weighted by Crippen LogP contribution is 2.40. The predicted molar refractivity (Wildman–Crippen MR) is 59.6 cm³/mol. The summed E-state index contributed by atoms with van der Waals surface area (Å²) in [7, 11) is 0. The van der Waals surface area contributed by atoms with Gasteiger partial charge >= 0.3 is 0 Å². The number of nitrogens with zero attached hydrogens (tertiary/aromatic N) is 2. The quantitative estimate of drug-likeness (QED) is 0.695. The molecule has 4 N–H and O–H groups in total. The Morgan fingerprint density at radius 1 is 1.13 bits per heavy atom. The zero-order valence-electron chi connectivity index (χ0n) is 8.61. The second-order valence-electron chi connectivity index (χ2n) is 3.60. The average molecular weight is 220 g/mol. The second-order valence-corrected chi connectivity index (χ2v) is 4.69. The summed E-state index contributed by atoms with van der Waals surface area (Å²) < 4.78 is 0. The molecule has 5 heteroatoms. The first-order valence-electron chi connectivity index (χ1n) is 4.50. The van der Waals surface area contributed by atoms with Crippen molar-refractivity contribution >= 4 is 11.8 Å². The van der Waals surface area contributed by atoms with Crippen LogP contribution in [0.1, 0.15) is 13.8 Å². The number of rotatable bonds is 1. The van der Waals surface area contributed by atoms with Gasteiger partial charge in [-0.3, -0.25) is 0 Å². The fourth-order valence-electron chi connectivity index (χ4n) is 1.60. The van der Waals surface area contributed by atoms with Gasteiger partial charge in [-0.15, -0.1) is 0 Å². The van der Waals surface area contributed by atoms with Crippen LogP contribution in [0.4, 0.5) is 0 Å². The van der Waals surface area contributed by atoms with Gasteiger partial charge in [-0.05, 0) is 5.92 Å². The number of hydrogen-bond donors (Lipinski definition) is 2. The molecule has 4 nitrogen and oxygen atoms in total. The highest BCUT2D eigenvalue weighted by molar-refractivity contribution is 8.06. The standard InChI is InChI=1S/C10H12N4S/c1-5(2)8-6(3-11)9(13)15-10(14)7(8)4-12/h5,8H,13-14H2,1-2H3. The lowest BCUT2D eigenvalue weighted by molar-refractivity contribution is 0.517. The summed E-state index contributed by atoms with van der Waals surface area (Å²) in [5.41, 5.74) is 12.4. The Bertz CT molecular complexity index is 384. The first kappa shape index (κ1) is 11.5. The van der Waals surface area contributed by atoms with Crippen LogP contribution in [-0.2, 0) is 0 Å². The molecule has 0 saturated carbocycles. The molecule has 0 unspecified atom stereocenters. The molecule has 0 aromatic heterocycles. The molecule has 0 amide bonds. The van der Waals surface area contributed by atoms with E-state index < -0.39 is 0 Å². The van der Waals surface area contributed by atoms with Crippen LogP contribution in [0.25, 0.3) is 0 Å². The third kappa shape index (κ3) is 1.93. The number of allylic oxidation sites excluding steroid dienone is 2. The van der Waals surface area contributed by atoms with Gasteiger partial charge in [0.05, 0.1) is 33.3 Å². The molecule has 1 rings (SSSR count). The monoisotopic (exact) mass is 220 g/mol. The molecule has 15 heavy (non-hydrogen) atoms. The zero-order chi connectivity index (χ0) is 11.6. The van der Waals surface area contributed by atoms with Crippen LogP contribution in [0.5, 0.6) is 0 Å². The molecule has 0 aliphatic carbocycles. The van der Waals surface area contributed by atoms with E-state index in [0.29, 0.717) is 21.2 Å². The third-order valence-electron chi connectivity index (χ3n) is 2.28. The van der Waals surface area contributed by atoms with Crippen molar-refractivity contribution < 1.29 is 0 Å². The predicted octanol–water partition coefficient (Wildman–Crippen LogP) is 1.39. The van der Waals surface area contributed by atoms with Gasteiger partial charge in [-0.1, -0.05) is 25.6 Å². The summed E-state index contributed by atoms with van der Waals surface area (Å²) in [6, 6.07) is 4.13. The number of nitrogens with two attached hydrogens (primary N) is 2. The van der Waals surface area contributed by atoms with Crippen LogP contribution in [0.15, 0.2) is 21.2 Å². The van der Waals surface area contributed by atoms with Gasteiger partial charge in [-0.2, -0.15) is 10.5 Å². The fourth-order valence-corrected chi connectivity index (χ4v) is 2.40. The summed E-state index contributed by atoms with van der Waals surface area (Å²) in [6.07, 6.45) is 0. The number of hydrogen-bond acceptors (Lipinski definition) is 5. The Morgan fingerprint density at radius 2 is 1.53 bits per heavy atom. The lowest BCUT2D eigenvalue weighted by atomic mass is 9.83. The molecule has 0 spiro atoms. The average Bonchev–Trinajstić information content (AvgIpc) is 2.16. The van der Waals surface area contributed by atoms with Crippen molar-refractivity contribution in [1.29, 1.82) is 10.5 Å². The van der Waals surface area contributed by atoms with Crippen molar-refractivity contribution in [2.24, 2.45) is 23.3 Å².